The third-order valence-electron chi connectivity index (χ3n) is 4.32. The maximum absolute atomic E-state index is 12.6. The summed E-state index contributed by atoms with van der Waals surface area (Å²) in [7, 11) is 0. The molecule has 5 nitrogen and oxygen atoms in total. The topological polar surface area (TPSA) is 79.2 Å². The second kappa shape index (κ2) is 5.00. The first-order valence-corrected chi connectivity index (χ1v) is 7.14. The van der Waals surface area contributed by atoms with Crippen LogP contribution in [-0.4, -0.2) is 35.4 Å². The fourth-order valence-corrected chi connectivity index (χ4v) is 2.84. The van der Waals surface area contributed by atoms with E-state index in [1.165, 1.54) is 0 Å². The Labute approximate surface area is 122 Å². The van der Waals surface area contributed by atoms with Crippen molar-refractivity contribution in [2.45, 2.75) is 13.3 Å². The predicted molar refractivity (Wildman–Crippen MR) is 82.3 cm³/mol. The molecular formula is C16H19N3O2. The van der Waals surface area contributed by atoms with Gasteiger partial charge in [-0.1, -0.05) is 25.1 Å². The molecule has 1 atom stereocenters. The standard InChI is InChI=1S/C16H19N3O2/c1-16(9-17)6-7-19(10-16)15(21)12-8-11-4-2-3-5-13(11)18-14(12)20/h2-5,8H,6-7,9-10,17H2,1H3,(H,18,20). The minimum Gasteiger partial charge on any atom is -0.338 e. The van der Waals surface area contributed by atoms with Crippen molar-refractivity contribution in [2.75, 3.05) is 19.6 Å². The van der Waals surface area contributed by atoms with Crippen LogP contribution < -0.4 is 11.3 Å². The van der Waals surface area contributed by atoms with Crippen LogP contribution in [0.4, 0.5) is 0 Å². The van der Waals surface area contributed by atoms with E-state index in [1.807, 2.05) is 24.3 Å². The highest BCUT2D eigenvalue weighted by Gasteiger charge is 2.35. The molecule has 1 amide bonds. The van der Waals surface area contributed by atoms with Crippen LogP contribution >= 0.6 is 0 Å². The van der Waals surface area contributed by atoms with Crippen molar-refractivity contribution in [2.24, 2.45) is 11.1 Å². The zero-order valence-electron chi connectivity index (χ0n) is 12.1. The summed E-state index contributed by atoms with van der Waals surface area (Å²) in [5.74, 6) is -0.209. The first-order valence-electron chi connectivity index (χ1n) is 7.14. The van der Waals surface area contributed by atoms with E-state index in [2.05, 4.69) is 11.9 Å². The van der Waals surface area contributed by atoms with Gasteiger partial charge in [0.2, 0.25) is 0 Å². The highest BCUT2D eigenvalue weighted by atomic mass is 16.2. The van der Waals surface area contributed by atoms with Gasteiger partial charge in [0.1, 0.15) is 5.56 Å². The molecule has 3 N–H and O–H groups in total. The van der Waals surface area contributed by atoms with Gasteiger partial charge in [-0.05, 0) is 35.9 Å². The SMILES string of the molecule is CC1(CN)CCN(C(=O)c2cc3ccccc3[nH]c2=O)C1. The molecule has 1 aliphatic rings. The summed E-state index contributed by atoms with van der Waals surface area (Å²) < 4.78 is 0. The Morgan fingerprint density at radius 2 is 2.19 bits per heavy atom. The number of nitrogens with zero attached hydrogens (tertiary/aromatic N) is 1. The number of carbonyl (C=O) groups is 1. The van der Waals surface area contributed by atoms with Gasteiger partial charge in [0.25, 0.3) is 11.5 Å². The number of pyridine rings is 1. The minimum atomic E-state index is -0.333. The fourth-order valence-electron chi connectivity index (χ4n) is 2.84. The van der Waals surface area contributed by atoms with Crippen molar-refractivity contribution in [3.63, 3.8) is 0 Å². The van der Waals surface area contributed by atoms with E-state index < -0.39 is 0 Å². The number of hydrogen-bond donors (Lipinski definition) is 2. The van der Waals surface area contributed by atoms with Crippen molar-refractivity contribution in [1.29, 1.82) is 0 Å². The Kier molecular flexibility index (Phi) is 3.29. The Balaban J connectivity index is 1.95. The largest absolute Gasteiger partial charge is 0.338 e. The number of nitrogens with two attached hydrogens (primary N) is 1. The summed E-state index contributed by atoms with van der Waals surface area (Å²) in [6, 6.07) is 9.13. The number of fused-ring (bicyclic) bond motifs is 1. The van der Waals surface area contributed by atoms with Gasteiger partial charge in [-0.15, -0.1) is 0 Å². The maximum Gasteiger partial charge on any atom is 0.261 e. The van der Waals surface area contributed by atoms with Crippen molar-refractivity contribution < 1.29 is 4.79 Å². The smallest absolute Gasteiger partial charge is 0.261 e. The highest BCUT2D eigenvalue weighted by molar-refractivity contribution is 5.97. The Bertz CT molecular complexity index is 753. The molecule has 0 spiro atoms. The van der Waals surface area contributed by atoms with Gasteiger partial charge in [-0.2, -0.15) is 0 Å². The van der Waals surface area contributed by atoms with Crippen molar-refractivity contribution in [1.82, 2.24) is 9.88 Å². The molecule has 21 heavy (non-hydrogen) atoms. The molecule has 3 rings (SSSR count). The third-order valence-corrected chi connectivity index (χ3v) is 4.32. The lowest BCUT2D eigenvalue weighted by Gasteiger charge is -2.22. The summed E-state index contributed by atoms with van der Waals surface area (Å²) >= 11 is 0. The number of benzene rings is 1. The number of hydrogen-bond acceptors (Lipinski definition) is 3. The summed E-state index contributed by atoms with van der Waals surface area (Å²) in [4.78, 5) is 29.2. The van der Waals surface area contributed by atoms with Crippen molar-refractivity contribution in [3.05, 3.63) is 46.2 Å². The van der Waals surface area contributed by atoms with E-state index in [0.717, 1.165) is 17.3 Å². The molecule has 1 fully saturated rings. The average molecular weight is 285 g/mol. The van der Waals surface area contributed by atoms with Crippen LogP contribution in [0.2, 0.25) is 0 Å². The number of aromatic amines is 1. The summed E-state index contributed by atoms with van der Waals surface area (Å²) in [5.41, 5.74) is 6.34. The van der Waals surface area contributed by atoms with Gasteiger partial charge in [-0.3, -0.25) is 9.59 Å². The van der Waals surface area contributed by atoms with E-state index in [4.69, 9.17) is 5.73 Å². The third kappa shape index (κ3) is 2.45. The first kappa shape index (κ1) is 13.8. The molecule has 5 heteroatoms. The minimum absolute atomic E-state index is 0.0424. The number of amides is 1. The lowest BCUT2D eigenvalue weighted by Crippen LogP contribution is -2.36. The molecule has 2 aromatic rings. The first-order chi connectivity index (χ1) is 10.0. The molecule has 1 aliphatic heterocycles. The molecule has 1 aromatic heterocycles. The molecule has 1 saturated heterocycles. The molecule has 0 aliphatic carbocycles. The molecule has 110 valence electrons. The van der Waals surface area contributed by atoms with Crippen LogP contribution in [0.3, 0.4) is 0 Å². The Hall–Kier alpha value is -2.14. The molecular weight excluding hydrogens is 266 g/mol. The Morgan fingerprint density at radius 3 is 2.90 bits per heavy atom. The zero-order chi connectivity index (χ0) is 15.0. The van der Waals surface area contributed by atoms with Crippen LogP contribution in [0.25, 0.3) is 10.9 Å². The monoisotopic (exact) mass is 285 g/mol. The second-order valence-corrected chi connectivity index (χ2v) is 6.09. The molecule has 0 radical (unpaired) electrons. The van der Waals surface area contributed by atoms with Crippen LogP contribution in [-0.2, 0) is 0 Å². The number of nitrogens with one attached hydrogen (secondary N) is 1. The number of aromatic nitrogens is 1. The van der Waals surface area contributed by atoms with Crippen LogP contribution in [0.15, 0.2) is 35.1 Å². The lowest BCUT2D eigenvalue weighted by atomic mass is 9.90. The van der Waals surface area contributed by atoms with Crippen molar-refractivity contribution in [3.8, 4) is 0 Å². The van der Waals surface area contributed by atoms with Gasteiger partial charge in [0.15, 0.2) is 0 Å². The second-order valence-electron chi connectivity index (χ2n) is 6.09. The van der Waals surface area contributed by atoms with Crippen LogP contribution in [0.1, 0.15) is 23.7 Å². The molecule has 1 unspecified atom stereocenters. The number of rotatable bonds is 2. The van der Waals surface area contributed by atoms with Crippen molar-refractivity contribution >= 4 is 16.8 Å². The molecule has 0 bridgehead atoms. The number of para-hydroxylation sites is 1. The molecule has 0 saturated carbocycles. The van der Waals surface area contributed by atoms with Gasteiger partial charge < -0.3 is 15.6 Å². The van der Waals surface area contributed by atoms with Gasteiger partial charge in [0.05, 0.1) is 0 Å². The van der Waals surface area contributed by atoms with Gasteiger partial charge >= 0.3 is 0 Å². The quantitative estimate of drug-likeness (QED) is 0.874. The predicted octanol–water partition coefficient (Wildman–Crippen LogP) is 1.34. The van der Waals surface area contributed by atoms with E-state index in [0.29, 0.717) is 19.6 Å². The van der Waals surface area contributed by atoms with E-state index >= 15 is 0 Å². The highest BCUT2D eigenvalue weighted by Crippen LogP contribution is 2.29. The van der Waals surface area contributed by atoms with E-state index in [-0.39, 0.29) is 22.4 Å². The average Bonchev–Trinajstić information content (AvgIpc) is 2.89. The van der Waals surface area contributed by atoms with Gasteiger partial charge in [-0.25, -0.2) is 0 Å². The number of likely N-dealkylation sites (tertiary alicyclic amines) is 1. The summed E-state index contributed by atoms with van der Waals surface area (Å²) in [6.07, 6.45) is 0.876. The lowest BCUT2D eigenvalue weighted by molar-refractivity contribution is 0.0775. The molecule has 2 heterocycles. The summed E-state index contributed by atoms with van der Waals surface area (Å²) in [5, 5.41) is 0.862. The van der Waals surface area contributed by atoms with Crippen LogP contribution in [0.5, 0.6) is 0 Å². The van der Waals surface area contributed by atoms with E-state index in [9.17, 15) is 9.59 Å². The zero-order valence-corrected chi connectivity index (χ0v) is 12.1. The number of carbonyl (C=O) groups excluding carboxylic acids is 1. The number of H-pyrrole nitrogens is 1. The van der Waals surface area contributed by atoms with Crippen LogP contribution in [0, 0.1) is 5.41 Å². The van der Waals surface area contributed by atoms with Gasteiger partial charge in [0, 0.05) is 18.6 Å². The fraction of sp³-hybridized carbons (Fsp3) is 0.375. The Morgan fingerprint density at radius 1 is 1.43 bits per heavy atom. The molecule has 1 aromatic carbocycles. The normalized spacial score (nSPS) is 21.9. The van der Waals surface area contributed by atoms with E-state index in [1.54, 1.807) is 11.0 Å². The summed E-state index contributed by atoms with van der Waals surface area (Å²) in [6.45, 7) is 3.88. The maximum atomic E-state index is 12.6.